The van der Waals surface area contributed by atoms with E-state index in [4.69, 9.17) is 5.11 Å². The van der Waals surface area contributed by atoms with E-state index >= 15 is 0 Å². The summed E-state index contributed by atoms with van der Waals surface area (Å²) in [6.45, 7) is 7.44. The van der Waals surface area contributed by atoms with Crippen molar-refractivity contribution in [1.82, 2.24) is 15.1 Å². The third kappa shape index (κ3) is 4.68. The lowest BCUT2D eigenvalue weighted by Gasteiger charge is -2.19. The summed E-state index contributed by atoms with van der Waals surface area (Å²) in [5.41, 5.74) is 2.45. The van der Waals surface area contributed by atoms with Gasteiger partial charge in [0.2, 0.25) is 0 Å². The molecule has 0 aliphatic heterocycles. The smallest absolute Gasteiger partial charge is 0.0543 e. The zero-order valence-corrected chi connectivity index (χ0v) is 13.8. The van der Waals surface area contributed by atoms with Gasteiger partial charge in [-0.25, -0.2) is 0 Å². The first-order valence-corrected chi connectivity index (χ1v) is 7.94. The Bertz CT molecular complexity index is 557. The Hall–Kier alpha value is -1.65. The van der Waals surface area contributed by atoms with Crippen LogP contribution in [0.4, 0.5) is 0 Å². The van der Waals surface area contributed by atoms with Crippen molar-refractivity contribution in [2.45, 2.75) is 51.7 Å². The molecule has 1 heterocycles. The van der Waals surface area contributed by atoms with Crippen molar-refractivity contribution in [3.63, 3.8) is 0 Å². The molecule has 120 valence electrons. The Morgan fingerprint density at radius 3 is 2.55 bits per heavy atom. The highest BCUT2D eigenvalue weighted by Gasteiger charge is 2.15. The summed E-state index contributed by atoms with van der Waals surface area (Å²) in [4.78, 5) is 0. The first-order valence-electron chi connectivity index (χ1n) is 7.94. The maximum absolute atomic E-state index is 9.10. The van der Waals surface area contributed by atoms with Gasteiger partial charge in [0.25, 0.3) is 0 Å². The highest BCUT2D eigenvalue weighted by Crippen LogP contribution is 2.19. The maximum Gasteiger partial charge on any atom is 0.0543 e. The fourth-order valence-electron chi connectivity index (χ4n) is 2.43. The summed E-state index contributed by atoms with van der Waals surface area (Å²) in [6.07, 6.45) is 5.75. The molecule has 0 bridgehead atoms. The van der Waals surface area contributed by atoms with Crippen LogP contribution in [0.1, 0.15) is 50.8 Å². The summed E-state index contributed by atoms with van der Waals surface area (Å²) in [5.74, 6) is 0. The van der Waals surface area contributed by atoms with Crippen LogP contribution in [-0.4, -0.2) is 21.5 Å². The van der Waals surface area contributed by atoms with Crippen LogP contribution < -0.4 is 5.32 Å². The van der Waals surface area contributed by atoms with E-state index in [0.29, 0.717) is 0 Å². The third-order valence-corrected chi connectivity index (χ3v) is 3.73. The van der Waals surface area contributed by atoms with Crippen molar-refractivity contribution in [3.05, 3.63) is 53.9 Å². The van der Waals surface area contributed by atoms with E-state index in [2.05, 4.69) is 61.6 Å². The van der Waals surface area contributed by atoms with Crippen molar-refractivity contribution in [1.29, 1.82) is 0 Å². The topological polar surface area (TPSA) is 50.1 Å². The van der Waals surface area contributed by atoms with Crippen LogP contribution in [0.25, 0.3) is 0 Å². The minimum Gasteiger partial charge on any atom is -0.396 e. The second-order valence-corrected chi connectivity index (χ2v) is 6.67. The van der Waals surface area contributed by atoms with Gasteiger partial charge in [0, 0.05) is 31.0 Å². The fourth-order valence-corrected chi connectivity index (χ4v) is 2.43. The van der Waals surface area contributed by atoms with E-state index in [-0.39, 0.29) is 18.2 Å². The summed E-state index contributed by atoms with van der Waals surface area (Å²) in [7, 11) is 0. The SMILES string of the molecule is CC(C)(C)n1cc(CNC(CCCO)c2ccccc2)cn1. The van der Waals surface area contributed by atoms with Crippen LogP contribution >= 0.6 is 0 Å². The maximum atomic E-state index is 9.10. The lowest BCUT2D eigenvalue weighted by atomic mass is 10.0. The van der Waals surface area contributed by atoms with E-state index in [1.54, 1.807) is 0 Å². The van der Waals surface area contributed by atoms with Gasteiger partial charge in [-0.1, -0.05) is 30.3 Å². The Labute approximate surface area is 133 Å². The monoisotopic (exact) mass is 301 g/mol. The number of nitrogens with zero attached hydrogens (tertiary/aromatic N) is 2. The van der Waals surface area contributed by atoms with Crippen molar-refractivity contribution < 1.29 is 5.11 Å². The largest absolute Gasteiger partial charge is 0.396 e. The van der Waals surface area contributed by atoms with Gasteiger partial charge in [-0.3, -0.25) is 4.68 Å². The van der Waals surface area contributed by atoms with Gasteiger partial charge >= 0.3 is 0 Å². The Balaban J connectivity index is 2.00. The highest BCUT2D eigenvalue weighted by molar-refractivity contribution is 5.19. The summed E-state index contributed by atoms with van der Waals surface area (Å²) in [5, 5.41) is 17.1. The van der Waals surface area contributed by atoms with Gasteiger partial charge in [-0.05, 0) is 39.2 Å². The van der Waals surface area contributed by atoms with E-state index in [0.717, 1.165) is 19.4 Å². The predicted octanol–water partition coefficient (Wildman–Crippen LogP) is 3.24. The van der Waals surface area contributed by atoms with E-state index in [9.17, 15) is 0 Å². The van der Waals surface area contributed by atoms with Crippen LogP contribution in [0.5, 0.6) is 0 Å². The summed E-state index contributed by atoms with van der Waals surface area (Å²) in [6, 6.07) is 10.7. The predicted molar refractivity (Wildman–Crippen MR) is 89.6 cm³/mol. The minimum absolute atomic E-state index is 0.00791. The van der Waals surface area contributed by atoms with Crippen LogP contribution in [0.3, 0.4) is 0 Å². The zero-order valence-electron chi connectivity index (χ0n) is 13.8. The molecular weight excluding hydrogens is 274 g/mol. The second-order valence-electron chi connectivity index (χ2n) is 6.67. The fraction of sp³-hybridized carbons (Fsp3) is 0.500. The number of hydrogen-bond acceptors (Lipinski definition) is 3. The average molecular weight is 301 g/mol. The molecule has 0 aliphatic rings. The van der Waals surface area contributed by atoms with Gasteiger partial charge in [0.1, 0.15) is 0 Å². The molecule has 0 aliphatic carbocycles. The number of aliphatic hydroxyl groups is 1. The molecule has 2 aromatic rings. The molecule has 2 rings (SSSR count). The van der Waals surface area contributed by atoms with Crippen molar-refractivity contribution in [2.75, 3.05) is 6.61 Å². The molecule has 1 aromatic carbocycles. The molecule has 0 fully saturated rings. The zero-order chi connectivity index (χ0) is 16.0. The van der Waals surface area contributed by atoms with E-state index in [1.165, 1.54) is 11.1 Å². The van der Waals surface area contributed by atoms with E-state index < -0.39 is 0 Å². The third-order valence-electron chi connectivity index (χ3n) is 3.73. The summed E-state index contributed by atoms with van der Waals surface area (Å²) >= 11 is 0. The molecule has 0 amide bonds. The molecule has 1 unspecified atom stereocenters. The lowest BCUT2D eigenvalue weighted by molar-refractivity contribution is 0.275. The quantitative estimate of drug-likeness (QED) is 0.825. The first kappa shape index (κ1) is 16.7. The number of rotatable bonds is 7. The first-order chi connectivity index (χ1) is 10.5. The molecular formula is C18H27N3O. The Morgan fingerprint density at radius 1 is 1.23 bits per heavy atom. The highest BCUT2D eigenvalue weighted by atomic mass is 16.2. The standard InChI is InChI=1S/C18H27N3O/c1-18(2,3)21-14-15(13-20-21)12-19-17(10-7-11-22)16-8-5-4-6-9-16/h4-6,8-9,13-14,17,19,22H,7,10-12H2,1-3H3. The molecule has 4 nitrogen and oxygen atoms in total. The molecule has 4 heteroatoms. The molecule has 1 aromatic heterocycles. The summed E-state index contributed by atoms with van der Waals surface area (Å²) < 4.78 is 2.00. The number of benzene rings is 1. The Morgan fingerprint density at radius 2 is 1.95 bits per heavy atom. The van der Waals surface area contributed by atoms with Gasteiger partial charge < -0.3 is 10.4 Å². The number of nitrogens with one attached hydrogen (secondary N) is 1. The number of aliphatic hydroxyl groups excluding tert-OH is 1. The molecule has 0 saturated carbocycles. The van der Waals surface area contributed by atoms with E-state index in [1.807, 2.05) is 16.9 Å². The normalized spacial score (nSPS) is 13.3. The van der Waals surface area contributed by atoms with Crippen molar-refractivity contribution >= 4 is 0 Å². The minimum atomic E-state index is 0.00791. The van der Waals surface area contributed by atoms with Gasteiger partial charge in [0.15, 0.2) is 0 Å². The Kier molecular flexibility index (Phi) is 5.75. The van der Waals surface area contributed by atoms with Crippen LogP contribution in [-0.2, 0) is 12.1 Å². The van der Waals surface area contributed by atoms with Gasteiger partial charge in [-0.15, -0.1) is 0 Å². The van der Waals surface area contributed by atoms with Crippen LogP contribution in [0.15, 0.2) is 42.7 Å². The number of hydrogen-bond donors (Lipinski definition) is 2. The molecule has 0 radical (unpaired) electrons. The van der Waals surface area contributed by atoms with Crippen LogP contribution in [0, 0.1) is 0 Å². The van der Waals surface area contributed by atoms with Crippen LogP contribution in [0.2, 0.25) is 0 Å². The van der Waals surface area contributed by atoms with Crippen molar-refractivity contribution in [3.8, 4) is 0 Å². The second kappa shape index (κ2) is 7.56. The van der Waals surface area contributed by atoms with Gasteiger partial charge in [0.05, 0.1) is 11.7 Å². The lowest BCUT2D eigenvalue weighted by Crippen LogP contribution is -2.23. The molecule has 2 N–H and O–H groups in total. The molecule has 1 atom stereocenters. The van der Waals surface area contributed by atoms with Crippen molar-refractivity contribution in [2.24, 2.45) is 0 Å². The number of aromatic nitrogens is 2. The van der Waals surface area contributed by atoms with Gasteiger partial charge in [-0.2, -0.15) is 5.10 Å². The molecule has 0 saturated heterocycles. The molecule has 22 heavy (non-hydrogen) atoms. The molecule has 0 spiro atoms. The average Bonchev–Trinajstić information content (AvgIpc) is 2.97.